The van der Waals surface area contributed by atoms with E-state index in [0.717, 1.165) is 11.0 Å². The zero-order valence-electron chi connectivity index (χ0n) is 25.9. The number of hydrogen-bond acceptors (Lipinski definition) is 9. The molecule has 15 heteroatoms. The van der Waals surface area contributed by atoms with E-state index in [1.165, 1.54) is 13.0 Å². The summed E-state index contributed by atoms with van der Waals surface area (Å²) in [5.74, 6) is -3.42. The molecule has 3 amide bonds. The molecule has 1 aliphatic heterocycles. The van der Waals surface area contributed by atoms with Crippen molar-refractivity contribution in [3.8, 4) is 11.5 Å². The van der Waals surface area contributed by atoms with Crippen LogP contribution in [-0.4, -0.2) is 60.0 Å². The number of hydrogen-bond donors (Lipinski definition) is 2. The summed E-state index contributed by atoms with van der Waals surface area (Å²) in [4.78, 5) is 40.0. The van der Waals surface area contributed by atoms with E-state index in [0.29, 0.717) is 10.6 Å². The third kappa shape index (κ3) is 7.98. The Morgan fingerprint density at radius 2 is 1.78 bits per heavy atom. The molecule has 0 spiro atoms. The quantitative estimate of drug-likeness (QED) is 0.386. The summed E-state index contributed by atoms with van der Waals surface area (Å²) in [7, 11) is -4.37. The Labute approximate surface area is 265 Å². The Morgan fingerprint density at radius 3 is 2.36 bits per heavy atom. The van der Waals surface area contributed by atoms with Gasteiger partial charge in [0.05, 0.1) is 28.4 Å². The van der Waals surface area contributed by atoms with Crippen molar-refractivity contribution in [3.05, 3.63) is 58.7 Å². The topological polar surface area (TPSA) is 161 Å². The van der Waals surface area contributed by atoms with Crippen LogP contribution in [0.15, 0.2) is 45.7 Å². The van der Waals surface area contributed by atoms with Crippen molar-refractivity contribution in [2.45, 2.75) is 83.0 Å². The molecular formula is C30H35ClFN5O7S. The highest BCUT2D eigenvalue weighted by Gasteiger charge is 2.40. The fraction of sp³-hybridized carbons (Fsp3) is 0.433. The van der Waals surface area contributed by atoms with Crippen molar-refractivity contribution in [2.75, 3.05) is 10.7 Å². The second kappa shape index (κ2) is 12.4. The van der Waals surface area contributed by atoms with Gasteiger partial charge in [-0.15, -0.1) is 10.2 Å². The number of rotatable bonds is 6. The predicted octanol–water partition coefficient (Wildman–Crippen LogP) is 4.55. The van der Waals surface area contributed by atoms with Crippen molar-refractivity contribution in [3.63, 3.8) is 0 Å². The molecule has 0 bridgehead atoms. The van der Waals surface area contributed by atoms with Crippen LogP contribution < -0.4 is 15.5 Å². The average Bonchev–Trinajstić information content (AvgIpc) is 3.39. The molecule has 242 valence electrons. The first-order valence-electron chi connectivity index (χ1n) is 14.0. The molecule has 45 heavy (non-hydrogen) atoms. The molecule has 0 radical (unpaired) electrons. The van der Waals surface area contributed by atoms with Gasteiger partial charge < -0.3 is 24.7 Å². The first kappa shape index (κ1) is 33.8. The third-order valence-electron chi connectivity index (χ3n) is 6.62. The van der Waals surface area contributed by atoms with Gasteiger partial charge in [-0.1, -0.05) is 44.5 Å². The van der Waals surface area contributed by atoms with Gasteiger partial charge in [-0.2, -0.15) is 0 Å². The van der Waals surface area contributed by atoms with Gasteiger partial charge in [0.25, 0.3) is 11.8 Å². The van der Waals surface area contributed by atoms with E-state index in [-0.39, 0.29) is 29.6 Å². The van der Waals surface area contributed by atoms with E-state index >= 15 is 4.39 Å². The monoisotopic (exact) mass is 663 g/mol. The van der Waals surface area contributed by atoms with E-state index in [9.17, 15) is 22.8 Å². The Balaban J connectivity index is 1.76. The van der Waals surface area contributed by atoms with Crippen molar-refractivity contribution in [1.29, 1.82) is 0 Å². The summed E-state index contributed by atoms with van der Waals surface area (Å²) < 4.78 is 53.8. The number of carbonyl (C=O) groups excluding carboxylic acids is 3. The number of alkyl carbamates (subject to hydrolysis) is 1. The minimum absolute atomic E-state index is 0.140. The van der Waals surface area contributed by atoms with E-state index < -0.39 is 67.3 Å². The summed E-state index contributed by atoms with van der Waals surface area (Å²) in [6.45, 7) is 11.6. The number of nitrogens with one attached hydrogen (secondary N) is 2. The van der Waals surface area contributed by atoms with E-state index in [4.69, 9.17) is 20.8 Å². The van der Waals surface area contributed by atoms with Crippen LogP contribution in [0.2, 0.25) is 5.02 Å². The van der Waals surface area contributed by atoms with Gasteiger partial charge in [0.15, 0.2) is 9.84 Å². The maximum atomic E-state index is 15.6. The first-order valence-corrected chi connectivity index (χ1v) is 16.0. The number of benzene rings is 2. The number of ether oxygens (including phenoxy) is 1. The number of halogens is 2. The van der Waals surface area contributed by atoms with Gasteiger partial charge in [0.1, 0.15) is 23.5 Å². The van der Waals surface area contributed by atoms with Gasteiger partial charge in [-0.3, -0.25) is 9.59 Å². The molecule has 1 aliphatic rings. The van der Waals surface area contributed by atoms with Crippen LogP contribution in [0, 0.1) is 5.82 Å². The lowest BCUT2D eigenvalue weighted by Crippen LogP contribution is -2.55. The zero-order valence-corrected chi connectivity index (χ0v) is 27.5. The van der Waals surface area contributed by atoms with Gasteiger partial charge in [-0.05, 0) is 57.5 Å². The number of amides is 3. The molecule has 1 unspecified atom stereocenters. The summed E-state index contributed by atoms with van der Waals surface area (Å²) in [6, 6.07) is 5.69. The minimum Gasteiger partial charge on any atom is -0.444 e. The maximum absolute atomic E-state index is 15.6. The van der Waals surface area contributed by atoms with Crippen molar-refractivity contribution < 1.29 is 36.3 Å². The first-order chi connectivity index (χ1) is 20.7. The molecule has 2 aromatic carbocycles. The Hall–Kier alpha value is -4.04. The molecule has 12 nitrogen and oxygen atoms in total. The van der Waals surface area contributed by atoms with Gasteiger partial charge in [0.2, 0.25) is 11.8 Å². The molecule has 2 atom stereocenters. The summed E-state index contributed by atoms with van der Waals surface area (Å²) >= 11 is 6.04. The maximum Gasteiger partial charge on any atom is 0.408 e. The Morgan fingerprint density at radius 1 is 1.13 bits per heavy atom. The Kier molecular flexibility index (Phi) is 9.32. The summed E-state index contributed by atoms with van der Waals surface area (Å²) in [5.41, 5.74) is -1.16. The lowest BCUT2D eigenvalue weighted by Gasteiger charge is -2.27. The summed E-state index contributed by atoms with van der Waals surface area (Å²) in [5, 5.41) is 13.2. The molecule has 0 saturated carbocycles. The molecule has 0 saturated heterocycles. The molecule has 3 aromatic rings. The van der Waals surface area contributed by atoms with Gasteiger partial charge >= 0.3 is 6.09 Å². The molecule has 2 N–H and O–H groups in total. The number of carbonyl (C=O) groups is 3. The molecule has 0 aliphatic carbocycles. The Bertz CT molecular complexity index is 1730. The smallest absolute Gasteiger partial charge is 0.408 e. The lowest BCUT2D eigenvalue weighted by molar-refractivity contribution is -0.128. The van der Waals surface area contributed by atoms with Crippen LogP contribution in [0.1, 0.15) is 59.9 Å². The fourth-order valence-electron chi connectivity index (χ4n) is 4.38. The minimum atomic E-state index is -4.37. The highest BCUT2D eigenvalue weighted by atomic mass is 35.5. The second-order valence-electron chi connectivity index (χ2n) is 12.7. The number of fused-ring (bicyclic) bond motifs is 1. The van der Waals surface area contributed by atoms with Gasteiger partial charge in [0, 0.05) is 10.4 Å². The van der Waals surface area contributed by atoms with Crippen molar-refractivity contribution in [2.24, 2.45) is 0 Å². The highest BCUT2D eigenvalue weighted by molar-refractivity contribution is 7.91. The van der Waals surface area contributed by atoms with Crippen molar-refractivity contribution in [1.82, 2.24) is 20.8 Å². The molecule has 4 rings (SSSR count). The van der Waals surface area contributed by atoms with E-state index in [1.807, 2.05) is 20.8 Å². The van der Waals surface area contributed by atoms with Crippen LogP contribution in [-0.2, 0) is 36.1 Å². The average molecular weight is 664 g/mol. The normalized spacial score (nSPS) is 17.2. The molecule has 0 fully saturated rings. The van der Waals surface area contributed by atoms with Crippen LogP contribution in [0.3, 0.4) is 0 Å². The zero-order chi connectivity index (χ0) is 33.5. The fourth-order valence-corrected chi connectivity index (χ4v) is 6.12. The van der Waals surface area contributed by atoms with Crippen molar-refractivity contribution >= 4 is 45.0 Å². The number of anilines is 1. The van der Waals surface area contributed by atoms with Crippen LogP contribution in [0.4, 0.5) is 14.9 Å². The third-order valence-corrected chi connectivity index (χ3v) is 8.64. The van der Waals surface area contributed by atoms with Gasteiger partial charge in [-0.25, -0.2) is 17.6 Å². The highest BCUT2D eigenvalue weighted by Crippen LogP contribution is 2.38. The number of nitrogens with zero attached hydrogens (tertiary/aromatic N) is 3. The summed E-state index contributed by atoms with van der Waals surface area (Å²) in [6.07, 6.45) is -0.875. The SMILES string of the molecule is CC(NC(=O)OC(C)(C)C)C(=O)N[C@H]1CS(=O)(=O)c2cc(F)c(-c3nnc(C(C)(C)C)o3)cc2N(Cc2ccc(Cl)cc2)C1=O. The van der Waals surface area contributed by atoms with Crippen LogP contribution >= 0.6 is 11.6 Å². The van der Waals surface area contributed by atoms with Crippen LogP contribution in [0.5, 0.6) is 0 Å². The molecule has 1 aromatic heterocycles. The van der Waals surface area contributed by atoms with Crippen LogP contribution in [0.25, 0.3) is 11.5 Å². The van der Waals surface area contributed by atoms with E-state index in [1.54, 1.807) is 45.0 Å². The lowest BCUT2D eigenvalue weighted by atomic mass is 9.97. The number of sulfone groups is 1. The molecular weight excluding hydrogens is 629 g/mol. The largest absolute Gasteiger partial charge is 0.444 e. The molecule has 2 heterocycles. The van der Waals surface area contributed by atoms with E-state index in [2.05, 4.69) is 20.8 Å². The standard InChI is InChI=1S/C30H35ClFN5O7S/c1-16(33-28(40)44-30(5,6)7)24(38)34-21-15-45(41,42)23-13-20(32)19(25-35-36-27(43-25)29(2,3)4)12-22(23)37(26(21)39)14-17-8-10-18(31)11-9-17/h8-13,16,21H,14-15H2,1-7H3,(H,33,40)(H,34,38)/t16?,21-/m0/s1. The second-order valence-corrected chi connectivity index (χ2v) is 15.2. The predicted molar refractivity (Wildman–Crippen MR) is 164 cm³/mol. The number of aromatic nitrogens is 2.